The second kappa shape index (κ2) is 4.53. The molecule has 1 aromatic heterocycles. The molecule has 2 rings (SSSR count). The van der Waals surface area contributed by atoms with E-state index in [-0.39, 0.29) is 5.41 Å². The van der Waals surface area contributed by atoms with Gasteiger partial charge in [-0.25, -0.2) is 0 Å². The molecule has 1 aliphatic heterocycles. The van der Waals surface area contributed by atoms with Gasteiger partial charge >= 0.3 is 0 Å². The third-order valence-electron chi connectivity index (χ3n) is 3.21. The Morgan fingerprint density at radius 2 is 2.06 bits per heavy atom. The topological polar surface area (TPSA) is 42.7 Å². The lowest BCUT2D eigenvalue weighted by Crippen LogP contribution is -2.30. The van der Waals surface area contributed by atoms with E-state index >= 15 is 0 Å². The van der Waals surface area contributed by atoms with E-state index in [9.17, 15) is 0 Å². The summed E-state index contributed by atoms with van der Waals surface area (Å²) in [5.41, 5.74) is 1.19. The van der Waals surface area contributed by atoms with Crippen LogP contribution in [0, 0.1) is 5.92 Å². The minimum Gasteiger partial charge on any atom is -0.317 e. The molecule has 0 atom stereocenters. The van der Waals surface area contributed by atoms with Crippen molar-refractivity contribution in [2.45, 2.75) is 45.6 Å². The summed E-state index contributed by atoms with van der Waals surface area (Å²) in [6, 6.07) is 0. The van der Waals surface area contributed by atoms with E-state index in [0.717, 1.165) is 31.2 Å². The highest BCUT2D eigenvalue weighted by Gasteiger charge is 2.19. The molecule has 4 nitrogen and oxygen atoms in total. The second-order valence-electron chi connectivity index (χ2n) is 5.77. The van der Waals surface area contributed by atoms with Crippen molar-refractivity contribution in [3.05, 3.63) is 11.9 Å². The summed E-state index contributed by atoms with van der Waals surface area (Å²) in [6.45, 7) is 9.82. The van der Waals surface area contributed by atoms with Gasteiger partial charge in [0.1, 0.15) is 0 Å². The zero-order chi connectivity index (χ0) is 11.6. The van der Waals surface area contributed by atoms with E-state index in [2.05, 4.69) is 42.6 Å². The van der Waals surface area contributed by atoms with Crippen LogP contribution in [-0.2, 0) is 12.0 Å². The van der Waals surface area contributed by atoms with Crippen LogP contribution in [-0.4, -0.2) is 28.1 Å². The Kier molecular flexibility index (Phi) is 3.28. The molecule has 0 unspecified atom stereocenters. The Labute approximate surface area is 97.4 Å². The molecule has 90 valence electrons. The average Bonchev–Trinajstić information content (AvgIpc) is 2.67. The molecular weight excluding hydrogens is 200 g/mol. The van der Waals surface area contributed by atoms with Crippen LogP contribution >= 0.6 is 0 Å². The Bertz CT molecular complexity index is 331. The van der Waals surface area contributed by atoms with Gasteiger partial charge in [0.2, 0.25) is 0 Å². The van der Waals surface area contributed by atoms with Gasteiger partial charge in [0, 0.05) is 18.2 Å². The Hall–Kier alpha value is -0.900. The van der Waals surface area contributed by atoms with Crippen molar-refractivity contribution < 1.29 is 0 Å². The largest absolute Gasteiger partial charge is 0.317 e. The van der Waals surface area contributed by atoms with Gasteiger partial charge in [-0.2, -0.15) is 0 Å². The van der Waals surface area contributed by atoms with E-state index in [0.29, 0.717) is 0 Å². The van der Waals surface area contributed by atoms with Crippen molar-refractivity contribution in [1.82, 2.24) is 20.3 Å². The first-order valence-electron chi connectivity index (χ1n) is 6.17. The highest BCUT2D eigenvalue weighted by Crippen LogP contribution is 2.20. The normalized spacial score (nSPS) is 18.9. The predicted molar refractivity (Wildman–Crippen MR) is 64.3 cm³/mol. The molecule has 16 heavy (non-hydrogen) atoms. The minimum absolute atomic E-state index is 0.104. The second-order valence-corrected chi connectivity index (χ2v) is 5.77. The molecule has 4 heteroatoms. The molecule has 0 aliphatic carbocycles. The number of aromatic nitrogens is 3. The number of nitrogens with one attached hydrogen (secondary N) is 1. The first-order valence-corrected chi connectivity index (χ1v) is 6.17. The highest BCUT2D eigenvalue weighted by atomic mass is 15.4. The van der Waals surface area contributed by atoms with Gasteiger partial charge in [0.05, 0.1) is 5.69 Å². The maximum absolute atomic E-state index is 4.25. The summed E-state index contributed by atoms with van der Waals surface area (Å²) >= 11 is 0. The maximum atomic E-state index is 4.25. The van der Waals surface area contributed by atoms with Crippen LogP contribution < -0.4 is 5.32 Å². The number of hydrogen-bond acceptors (Lipinski definition) is 3. The van der Waals surface area contributed by atoms with Crippen molar-refractivity contribution in [3.8, 4) is 0 Å². The molecule has 0 radical (unpaired) electrons. The van der Waals surface area contributed by atoms with Crippen LogP contribution in [0.5, 0.6) is 0 Å². The lowest BCUT2D eigenvalue weighted by Gasteiger charge is -2.22. The average molecular weight is 222 g/mol. The fraction of sp³-hybridized carbons (Fsp3) is 0.833. The van der Waals surface area contributed by atoms with Crippen LogP contribution in [0.3, 0.4) is 0 Å². The molecular formula is C12H22N4. The molecule has 1 N–H and O–H groups in total. The fourth-order valence-electron chi connectivity index (χ4n) is 2.06. The van der Waals surface area contributed by atoms with Crippen molar-refractivity contribution in [2.24, 2.45) is 5.92 Å². The maximum Gasteiger partial charge on any atom is 0.0880 e. The van der Waals surface area contributed by atoms with Crippen LogP contribution in [0.2, 0.25) is 0 Å². The van der Waals surface area contributed by atoms with Crippen molar-refractivity contribution >= 4 is 0 Å². The molecule has 0 aromatic carbocycles. The SMILES string of the molecule is CC(C)(C)c1cn(CC2CCNCC2)nn1. The number of hydrogen-bond donors (Lipinski definition) is 1. The summed E-state index contributed by atoms with van der Waals surface area (Å²) in [7, 11) is 0. The third kappa shape index (κ3) is 2.82. The van der Waals surface area contributed by atoms with Crippen molar-refractivity contribution in [1.29, 1.82) is 0 Å². The van der Waals surface area contributed by atoms with Gasteiger partial charge in [0.25, 0.3) is 0 Å². The molecule has 0 saturated carbocycles. The lowest BCUT2D eigenvalue weighted by molar-refractivity contribution is 0.318. The number of rotatable bonds is 2. The molecule has 0 bridgehead atoms. The van der Waals surface area contributed by atoms with Gasteiger partial charge in [-0.05, 0) is 31.8 Å². The van der Waals surface area contributed by atoms with Gasteiger partial charge in [0.15, 0.2) is 0 Å². The zero-order valence-corrected chi connectivity index (χ0v) is 10.5. The molecule has 0 amide bonds. The van der Waals surface area contributed by atoms with E-state index in [1.54, 1.807) is 0 Å². The van der Waals surface area contributed by atoms with Gasteiger partial charge in [-0.3, -0.25) is 4.68 Å². The number of piperidine rings is 1. The van der Waals surface area contributed by atoms with Crippen LogP contribution in [0.4, 0.5) is 0 Å². The van der Waals surface area contributed by atoms with Crippen molar-refractivity contribution in [3.63, 3.8) is 0 Å². The van der Waals surface area contributed by atoms with Gasteiger partial charge < -0.3 is 5.32 Å². The van der Waals surface area contributed by atoms with Crippen LogP contribution in [0.15, 0.2) is 6.20 Å². The zero-order valence-electron chi connectivity index (χ0n) is 10.5. The highest BCUT2D eigenvalue weighted by molar-refractivity contribution is 5.06. The molecule has 1 saturated heterocycles. The first kappa shape index (κ1) is 11.6. The Morgan fingerprint density at radius 1 is 1.38 bits per heavy atom. The molecule has 1 fully saturated rings. The summed E-state index contributed by atoms with van der Waals surface area (Å²) < 4.78 is 2.01. The standard InChI is InChI=1S/C12H22N4/c1-12(2,3)11-9-16(15-14-11)8-10-4-6-13-7-5-10/h9-10,13H,4-8H2,1-3H3. The van der Waals surface area contributed by atoms with E-state index in [1.807, 2.05) is 4.68 Å². The third-order valence-corrected chi connectivity index (χ3v) is 3.21. The summed E-state index contributed by atoms with van der Waals surface area (Å²) in [5.74, 6) is 0.760. The predicted octanol–water partition coefficient (Wildman–Crippen LogP) is 1.58. The smallest absolute Gasteiger partial charge is 0.0880 e. The summed E-state index contributed by atoms with van der Waals surface area (Å²) in [6.07, 6.45) is 4.61. The minimum atomic E-state index is 0.104. The van der Waals surface area contributed by atoms with E-state index in [4.69, 9.17) is 0 Å². The summed E-state index contributed by atoms with van der Waals surface area (Å²) in [5, 5.41) is 11.9. The fourth-order valence-corrected chi connectivity index (χ4v) is 2.06. The summed E-state index contributed by atoms with van der Waals surface area (Å²) in [4.78, 5) is 0. The molecule has 1 aliphatic rings. The monoisotopic (exact) mass is 222 g/mol. The van der Waals surface area contributed by atoms with E-state index < -0.39 is 0 Å². The number of nitrogens with zero attached hydrogens (tertiary/aromatic N) is 3. The Morgan fingerprint density at radius 3 is 2.62 bits per heavy atom. The van der Waals surface area contributed by atoms with Gasteiger partial charge in [-0.15, -0.1) is 5.10 Å². The van der Waals surface area contributed by atoms with E-state index in [1.165, 1.54) is 12.8 Å². The molecule has 0 spiro atoms. The van der Waals surface area contributed by atoms with Crippen LogP contribution in [0.1, 0.15) is 39.3 Å². The lowest BCUT2D eigenvalue weighted by atomic mass is 9.93. The van der Waals surface area contributed by atoms with Crippen molar-refractivity contribution in [2.75, 3.05) is 13.1 Å². The van der Waals surface area contributed by atoms with Gasteiger partial charge in [-0.1, -0.05) is 26.0 Å². The Balaban J connectivity index is 1.97. The quantitative estimate of drug-likeness (QED) is 0.826. The molecule has 1 aromatic rings. The molecule has 2 heterocycles. The van der Waals surface area contributed by atoms with Crippen LogP contribution in [0.25, 0.3) is 0 Å². The first-order chi connectivity index (χ1) is 7.55.